The maximum atomic E-state index is 12.3. The van der Waals surface area contributed by atoms with Crippen LogP contribution in [0.2, 0.25) is 0 Å². The molecule has 2 aliphatic heterocycles. The number of rotatable bonds is 3. The van der Waals surface area contributed by atoms with Crippen LogP contribution >= 0.6 is 12.4 Å². The number of amides is 1. The second kappa shape index (κ2) is 7.17. The highest BCUT2D eigenvalue weighted by Gasteiger charge is 2.29. The van der Waals surface area contributed by atoms with E-state index in [-0.39, 0.29) is 43.3 Å². The number of benzene rings is 1. The van der Waals surface area contributed by atoms with Gasteiger partial charge in [0.15, 0.2) is 11.5 Å². The molecule has 3 atom stereocenters. The number of morpholine rings is 1. The summed E-state index contributed by atoms with van der Waals surface area (Å²) in [6.07, 6.45) is -0.122. The van der Waals surface area contributed by atoms with Gasteiger partial charge < -0.3 is 24.8 Å². The Morgan fingerprint density at radius 3 is 2.91 bits per heavy atom. The van der Waals surface area contributed by atoms with Crippen molar-refractivity contribution in [2.75, 3.05) is 19.9 Å². The molecule has 6 nitrogen and oxygen atoms in total. The lowest BCUT2D eigenvalue weighted by atomic mass is 10.1. The minimum Gasteiger partial charge on any atom is -0.454 e. The molecule has 7 heteroatoms. The summed E-state index contributed by atoms with van der Waals surface area (Å²) >= 11 is 0. The molecule has 1 aromatic carbocycles. The molecule has 0 saturated carbocycles. The summed E-state index contributed by atoms with van der Waals surface area (Å²) in [6.45, 7) is 5.44. The molecule has 1 fully saturated rings. The van der Waals surface area contributed by atoms with Crippen LogP contribution in [0.4, 0.5) is 0 Å². The lowest BCUT2D eigenvalue weighted by molar-refractivity contribution is -0.129. The molecule has 1 saturated heterocycles. The van der Waals surface area contributed by atoms with E-state index in [4.69, 9.17) is 14.2 Å². The fourth-order valence-electron chi connectivity index (χ4n) is 2.60. The van der Waals surface area contributed by atoms with Crippen LogP contribution in [0.3, 0.4) is 0 Å². The third kappa shape index (κ3) is 3.45. The van der Waals surface area contributed by atoms with Crippen molar-refractivity contribution >= 4 is 18.3 Å². The summed E-state index contributed by atoms with van der Waals surface area (Å²) in [6, 6.07) is 5.29. The van der Waals surface area contributed by atoms with Gasteiger partial charge in [0.2, 0.25) is 12.7 Å². The first-order valence-corrected chi connectivity index (χ1v) is 7.20. The maximum Gasteiger partial charge on any atom is 0.240 e. The zero-order valence-electron chi connectivity index (χ0n) is 12.6. The highest BCUT2D eigenvalue weighted by Crippen LogP contribution is 2.34. The summed E-state index contributed by atoms with van der Waals surface area (Å²) < 4.78 is 16.1. The van der Waals surface area contributed by atoms with Crippen LogP contribution in [-0.4, -0.2) is 38.0 Å². The van der Waals surface area contributed by atoms with Crippen molar-refractivity contribution in [2.45, 2.75) is 32.0 Å². The Morgan fingerprint density at radius 1 is 1.36 bits per heavy atom. The van der Waals surface area contributed by atoms with Crippen LogP contribution < -0.4 is 20.1 Å². The topological polar surface area (TPSA) is 68.8 Å². The van der Waals surface area contributed by atoms with E-state index in [2.05, 4.69) is 10.6 Å². The first-order chi connectivity index (χ1) is 10.1. The van der Waals surface area contributed by atoms with E-state index in [1.807, 2.05) is 32.0 Å². The van der Waals surface area contributed by atoms with Gasteiger partial charge in [-0.2, -0.15) is 0 Å². The van der Waals surface area contributed by atoms with Gasteiger partial charge in [-0.15, -0.1) is 12.4 Å². The SMILES string of the molecule is CC(NC(=O)[C@H]1NCCO[C@@H]1C)c1ccc2c(c1)OCO2.Cl. The summed E-state index contributed by atoms with van der Waals surface area (Å²) in [5, 5.41) is 6.20. The number of hydrogen-bond donors (Lipinski definition) is 2. The number of hydrogen-bond acceptors (Lipinski definition) is 5. The molecular formula is C15H21ClN2O4. The van der Waals surface area contributed by atoms with Crippen molar-refractivity contribution in [1.29, 1.82) is 0 Å². The number of halogens is 1. The van der Waals surface area contributed by atoms with Crippen molar-refractivity contribution < 1.29 is 19.0 Å². The van der Waals surface area contributed by atoms with Crippen LogP contribution in [0.5, 0.6) is 11.5 Å². The summed E-state index contributed by atoms with van der Waals surface area (Å²) in [7, 11) is 0. The highest BCUT2D eigenvalue weighted by molar-refractivity contribution is 5.85. The number of ether oxygens (including phenoxy) is 3. The molecule has 1 amide bonds. The van der Waals surface area contributed by atoms with Crippen LogP contribution in [0.15, 0.2) is 18.2 Å². The molecule has 22 heavy (non-hydrogen) atoms. The molecule has 122 valence electrons. The third-order valence-electron chi connectivity index (χ3n) is 3.85. The lowest BCUT2D eigenvalue weighted by Crippen LogP contribution is -2.55. The number of carbonyl (C=O) groups excluding carboxylic acids is 1. The Hall–Kier alpha value is -1.50. The fraction of sp³-hybridized carbons (Fsp3) is 0.533. The molecule has 2 aliphatic rings. The van der Waals surface area contributed by atoms with Crippen LogP contribution in [0.1, 0.15) is 25.5 Å². The standard InChI is InChI=1S/C15H20N2O4.ClH/c1-9(11-3-4-12-13(7-11)21-8-20-12)17-15(18)14-10(2)19-6-5-16-14;/h3-4,7,9-10,14,16H,5-6,8H2,1-2H3,(H,17,18);1H/t9?,10-,14+;/m1./s1. The first kappa shape index (κ1) is 16.9. The predicted octanol–water partition coefficient (Wildman–Crippen LogP) is 1.39. The van der Waals surface area contributed by atoms with Gasteiger partial charge in [0.25, 0.3) is 0 Å². The molecule has 0 spiro atoms. The maximum absolute atomic E-state index is 12.3. The average Bonchev–Trinajstić information content (AvgIpc) is 2.94. The van der Waals surface area contributed by atoms with Gasteiger partial charge in [-0.1, -0.05) is 6.07 Å². The van der Waals surface area contributed by atoms with Gasteiger partial charge >= 0.3 is 0 Å². The molecule has 1 unspecified atom stereocenters. The predicted molar refractivity (Wildman–Crippen MR) is 83.6 cm³/mol. The third-order valence-corrected chi connectivity index (χ3v) is 3.85. The van der Waals surface area contributed by atoms with Crippen molar-refractivity contribution in [1.82, 2.24) is 10.6 Å². The van der Waals surface area contributed by atoms with E-state index >= 15 is 0 Å². The van der Waals surface area contributed by atoms with Gasteiger partial charge in [-0.3, -0.25) is 4.79 Å². The fourth-order valence-corrected chi connectivity index (χ4v) is 2.60. The Labute approximate surface area is 135 Å². The Morgan fingerprint density at radius 2 is 2.14 bits per heavy atom. The van der Waals surface area contributed by atoms with Gasteiger partial charge in [0, 0.05) is 6.54 Å². The normalized spacial score (nSPS) is 24.3. The first-order valence-electron chi connectivity index (χ1n) is 7.20. The van der Waals surface area contributed by atoms with E-state index in [9.17, 15) is 4.79 Å². The van der Waals surface area contributed by atoms with Crippen molar-refractivity contribution in [3.63, 3.8) is 0 Å². The number of carbonyl (C=O) groups is 1. The summed E-state index contributed by atoms with van der Waals surface area (Å²) in [5.41, 5.74) is 0.983. The van der Waals surface area contributed by atoms with E-state index in [0.29, 0.717) is 13.2 Å². The number of nitrogens with one attached hydrogen (secondary N) is 2. The van der Waals surface area contributed by atoms with Crippen molar-refractivity contribution in [2.24, 2.45) is 0 Å². The Kier molecular flexibility index (Phi) is 5.50. The Bertz CT molecular complexity index is 540. The van der Waals surface area contributed by atoms with Crippen LogP contribution in [-0.2, 0) is 9.53 Å². The minimum absolute atomic E-state index is 0. The molecule has 2 heterocycles. The smallest absolute Gasteiger partial charge is 0.240 e. The van der Waals surface area contributed by atoms with Crippen LogP contribution in [0, 0.1) is 0 Å². The van der Waals surface area contributed by atoms with E-state index in [1.54, 1.807) is 0 Å². The minimum atomic E-state index is -0.310. The van der Waals surface area contributed by atoms with Gasteiger partial charge in [0.1, 0.15) is 6.04 Å². The van der Waals surface area contributed by atoms with E-state index in [1.165, 1.54) is 0 Å². The zero-order valence-corrected chi connectivity index (χ0v) is 13.4. The largest absolute Gasteiger partial charge is 0.454 e. The average molecular weight is 329 g/mol. The molecule has 3 rings (SSSR count). The second-order valence-electron chi connectivity index (χ2n) is 5.35. The van der Waals surface area contributed by atoms with Gasteiger partial charge in [0.05, 0.1) is 18.8 Å². The molecule has 0 aromatic heterocycles. The summed E-state index contributed by atoms with van der Waals surface area (Å²) in [5.74, 6) is 1.42. The highest BCUT2D eigenvalue weighted by atomic mass is 35.5. The lowest BCUT2D eigenvalue weighted by Gasteiger charge is -2.30. The summed E-state index contributed by atoms with van der Waals surface area (Å²) in [4.78, 5) is 12.3. The molecule has 0 bridgehead atoms. The zero-order chi connectivity index (χ0) is 14.8. The molecule has 0 aliphatic carbocycles. The van der Waals surface area contributed by atoms with Gasteiger partial charge in [-0.25, -0.2) is 0 Å². The molecular weight excluding hydrogens is 308 g/mol. The van der Waals surface area contributed by atoms with Crippen molar-refractivity contribution in [3.8, 4) is 11.5 Å². The van der Waals surface area contributed by atoms with Gasteiger partial charge in [-0.05, 0) is 31.5 Å². The van der Waals surface area contributed by atoms with E-state index in [0.717, 1.165) is 17.1 Å². The Balaban J connectivity index is 0.00000176. The number of fused-ring (bicyclic) bond motifs is 1. The molecule has 0 radical (unpaired) electrons. The van der Waals surface area contributed by atoms with Crippen molar-refractivity contribution in [3.05, 3.63) is 23.8 Å². The second-order valence-corrected chi connectivity index (χ2v) is 5.35. The molecule has 2 N–H and O–H groups in total. The monoisotopic (exact) mass is 328 g/mol. The quantitative estimate of drug-likeness (QED) is 0.877. The molecule has 1 aromatic rings. The van der Waals surface area contributed by atoms with E-state index < -0.39 is 0 Å². The van der Waals surface area contributed by atoms with Crippen LogP contribution in [0.25, 0.3) is 0 Å².